The number of fused-ring (bicyclic) bond motifs is 1. The Morgan fingerprint density at radius 3 is 2.50 bits per heavy atom. The van der Waals surface area contributed by atoms with Crippen LogP contribution in [0, 0.1) is 6.92 Å². The summed E-state index contributed by atoms with van der Waals surface area (Å²) >= 11 is 1.45. The summed E-state index contributed by atoms with van der Waals surface area (Å²) in [6.07, 6.45) is 3.58. The summed E-state index contributed by atoms with van der Waals surface area (Å²) in [7, 11) is 0. The smallest absolute Gasteiger partial charge is 0.267 e. The second-order valence-corrected chi connectivity index (χ2v) is 7.63. The molecule has 30 heavy (non-hydrogen) atoms. The van der Waals surface area contributed by atoms with E-state index in [4.69, 9.17) is 5.10 Å². The highest BCUT2D eigenvalue weighted by molar-refractivity contribution is 7.16. The minimum absolute atomic E-state index is 0.174. The molecule has 2 aromatic carbocycles. The fraction of sp³-hybridized carbons (Fsp3) is 0.0435. The van der Waals surface area contributed by atoms with Crippen LogP contribution >= 0.6 is 11.3 Å². The molecule has 0 fully saturated rings. The summed E-state index contributed by atoms with van der Waals surface area (Å²) in [5.41, 5.74) is 3.35. The third-order valence-corrected chi connectivity index (χ3v) is 5.57. The van der Waals surface area contributed by atoms with E-state index < -0.39 is 0 Å². The van der Waals surface area contributed by atoms with Crippen molar-refractivity contribution in [3.05, 3.63) is 100 Å². The molecule has 7 heteroatoms. The highest BCUT2D eigenvalue weighted by atomic mass is 32.1. The van der Waals surface area contributed by atoms with Crippen LogP contribution in [0.5, 0.6) is 0 Å². The highest BCUT2D eigenvalue weighted by Gasteiger charge is 2.12. The number of hydrogen-bond acceptors (Lipinski definition) is 5. The maximum absolute atomic E-state index is 12.8. The molecular formula is C23H17N5OS. The van der Waals surface area contributed by atoms with Gasteiger partial charge < -0.3 is 0 Å². The summed E-state index contributed by atoms with van der Waals surface area (Å²) < 4.78 is 3.16. The number of para-hydroxylation sites is 1. The molecule has 0 saturated heterocycles. The van der Waals surface area contributed by atoms with Crippen molar-refractivity contribution < 1.29 is 0 Å². The van der Waals surface area contributed by atoms with Crippen molar-refractivity contribution >= 4 is 27.8 Å². The monoisotopic (exact) mass is 411 g/mol. The molecule has 5 aromatic rings. The molecule has 5 rings (SSSR count). The third-order valence-electron chi connectivity index (χ3n) is 4.76. The van der Waals surface area contributed by atoms with Crippen molar-refractivity contribution in [2.75, 3.05) is 0 Å². The van der Waals surface area contributed by atoms with Crippen LogP contribution < -0.4 is 5.56 Å². The van der Waals surface area contributed by atoms with Gasteiger partial charge in [-0.1, -0.05) is 48.5 Å². The van der Waals surface area contributed by atoms with Gasteiger partial charge in [0.2, 0.25) is 0 Å². The Balaban J connectivity index is 1.64. The predicted molar refractivity (Wildman–Crippen MR) is 121 cm³/mol. The molecule has 0 spiro atoms. The number of benzene rings is 2. The molecule has 0 radical (unpaired) electrons. The Kier molecular flexibility index (Phi) is 4.57. The van der Waals surface area contributed by atoms with Crippen LogP contribution in [0.1, 0.15) is 11.4 Å². The van der Waals surface area contributed by atoms with E-state index in [1.165, 1.54) is 16.0 Å². The molecule has 0 aliphatic heterocycles. The van der Waals surface area contributed by atoms with Gasteiger partial charge in [-0.2, -0.15) is 14.9 Å². The lowest BCUT2D eigenvalue weighted by atomic mass is 10.1. The molecular weight excluding hydrogens is 394 g/mol. The Morgan fingerprint density at radius 1 is 1.00 bits per heavy atom. The molecule has 0 N–H and O–H groups in total. The summed E-state index contributed by atoms with van der Waals surface area (Å²) in [5.74, 6) is 0.544. The Labute approximate surface area is 176 Å². The maximum Gasteiger partial charge on any atom is 0.282 e. The minimum atomic E-state index is -0.174. The van der Waals surface area contributed by atoms with Crippen LogP contribution in [0.15, 0.2) is 88.2 Å². The first kappa shape index (κ1) is 18.2. The lowest BCUT2D eigenvalue weighted by Crippen LogP contribution is -2.19. The Bertz CT molecular complexity index is 1410. The lowest BCUT2D eigenvalue weighted by Gasteiger charge is -2.03. The topological polar surface area (TPSA) is 65.1 Å². The van der Waals surface area contributed by atoms with Crippen LogP contribution in [0.4, 0.5) is 0 Å². The zero-order chi connectivity index (χ0) is 20.5. The van der Waals surface area contributed by atoms with Crippen LogP contribution in [-0.4, -0.2) is 25.7 Å². The number of thiophene rings is 1. The SMILES string of the molecule is Cc1nc2sccc2c(=O)n1N=Cc1cn(-c2ccccc2)nc1-c1ccccc1. The van der Waals surface area contributed by atoms with E-state index in [1.54, 1.807) is 19.2 Å². The van der Waals surface area contributed by atoms with E-state index in [0.717, 1.165) is 27.3 Å². The first-order valence-electron chi connectivity index (χ1n) is 9.42. The summed E-state index contributed by atoms with van der Waals surface area (Å²) in [4.78, 5) is 18.0. The van der Waals surface area contributed by atoms with E-state index in [1.807, 2.05) is 76.9 Å². The summed E-state index contributed by atoms with van der Waals surface area (Å²) in [6.45, 7) is 1.78. The number of nitrogens with zero attached hydrogens (tertiary/aromatic N) is 5. The predicted octanol–water partition coefficient (Wildman–Crippen LogP) is 4.50. The van der Waals surface area contributed by atoms with Gasteiger partial charge in [0.05, 0.1) is 17.3 Å². The van der Waals surface area contributed by atoms with Crippen LogP contribution in [0.2, 0.25) is 0 Å². The zero-order valence-electron chi connectivity index (χ0n) is 16.1. The number of rotatable bonds is 4. The van der Waals surface area contributed by atoms with Gasteiger partial charge in [0.1, 0.15) is 16.3 Å². The van der Waals surface area contributed by atoms with Crippen molar-refractivity contribution in [2.45, 2.75) is 6.92 Å². The van der Waals surface area contributed by atoms with Gasteiger partial charge in [0, 0.05) is 17.3 Å². The first-order chi connectivity index (χ1) is 14.7. The first-order valence-corrected chi connectivity index (χ1v) is 10.3. The van der Waals surface area contributed by atoms with Gasteiger partial charge in [-0.3, -0.25) is 4.79 Å². The van der Waals surface area contributed by atoms with E-state index >= 15 is 0 Å². The highest BCUT2D eigenvalue weighted by Crippen LogP contribution is 2.22. The normalized spacial score (nSPS) is 11.5. The molecule has 0 aliphatic rings. The third kappa shape index (κ3) is 3.25. The van der Waals surface area contributed by atoms with Crippen molar-refractivity contribution in [3.8, 4) is 16.9 Å². The van der Waals surface area contributed by atoms with E-state index in [0.29, 0.717) is 11.2 Å². The maximum atomic E-state index is 12.8. The quantitative estimate of drug-likeness (QED) is 0.409. The summed E-state index contributed by atoms with van der Waals surface area (Å²) in [5, 5.41) is 11.7. The van der Waals surface area contributed by atoms with Crippen LogP contribution in [0.3, 0.4) is 0 Å². The average Bonchev–Trinajstić information content (AvgIpc) is 3.42. The lowest BCUT2D eigenvalue weighted by molar-refractivity contribution is 0.772. The van der Waals surface area contributed by atoms with Crippen LogP contribution in [0.25, 0.3) is 27.2 Å². The van der Waals surface area contributed by atoms with Gasteiger partial charge in [-0.05, 0) is 30.5 Å². The number of aryl methyl sites for hydroxylation is 1. The van der Waals surface area contributed by atoms with Crippen molar-refractivity contribution in [1.29, 1.82) is 0 Å². The molecule has 0 unspecified atom stereocenters. The summed E-state index contributed by atoms with van der Waals surface area (Å²) in [6, 6.07) is 21.6. The fourth-order valence-corrected chi connectivity index (χ4v) is 4.08. The molecule has 0 amide bonds. The van der Waals surface area contributed by atoms with Gasteiger partial charge in [-0.25, -0.2) is 9.67 Å². The Hall–Kier alpha value is -3.84. The van der Waals surface area contributed by atoms with Crippen molar-refractivity contribution in [3.63, 3.8) is 0 Å². The molecule has 6 nitrogen and oxygen atoms in total. The fourth-order valence-electron chi connectivity index (χ4n) is 3.28. The largest absolute Gasteiger partial charge is 0.282 e. The zero-order valence-corrected chi connectivity index (χ0v) is 17.0. The van der Waals surface area contributed by atoms with E-state index in [2.05, 4.69) is 10.1 Å². The average molecular weight is 411 g/mol. The van der Waals surface area contributed by atoms with Crippen LogP contribution in [-0.2, 0) is 0 Å². The van der Waals surface area contributed by atoms with Crippen molar-refractivity contribution in [2.24, 2.45) is 5.10 Å². The molecule has 0 bridgehead atoms. The molecule has 0 saturated carbocycles. The van der Waals surface area contributed by atoms with Gasteiger partial charge in [0.25, 0.3) is 5.56 Å². The minimum Gasteiger partial charge on any atom is -0.267 e. The molecule has 3 heterocycles. The second kappa shape index (κ2) is 7.53. The second-order valence-electron chi connectivity index (χ2n) is 6.74. The molecule has 3 aromatic heterocycles. The standard InChI is InChI=1S/C23H17N5OS/c1-16-25-22-20(12-13-30-22)23(29)28(16)24-14-18-15-27(19-10-6-3-7-11-19)26-21(18)17-8-4-2-5-9-17/h2-15H,1H3. The molecule has 146 valence electrons. The van der Waals surface area contributed by atoms with Crippen molar-refractivity contribution in [1.82, 2.24) is 19.4 Å². The van der Waals surface area contributed by atoms with Gasteiger partial charge in [0.15, 0.2) is 0 Å². The Morgan fingerprint density at radius 2 is 1.73 bits per heavy atom. The van der Waals surface area contributed by atoms with Gasteiger partial charge >= 0.3 is 0 Å². The molecule has 0 aliphatic carbocycles. The number of aromatic nitrogens is 4. The van der Waals surface area contributed by atoms with Gasteiger partial charge in [-0.15, -0.1) is 11.3 Å². The molecule has 0 atom stereocenters. The number of hydrogen-bond donors (Lipinski definition) is 0. The van der Waals surface area contributed by atoms with E-state index in [9.17, 15) is 4.79 Å². The van der Waals surface area contributed by atoms with E-state index in [-0.39, 0.29) is 5.56 Å².